The molecule has 0 saturated heterocycles. The highest BCUT2D eigenvalue weighted by molar-refractivity contribution is 7.07. The van der Waals surface area contributed by atoms with Crippen LogP contribution in [0.4, 0.5) is 4.39 Å². The summed E-state index contributed by atoms with van der Waals surface area (Å²) in [6.45, 7) is 3.66. The van der Waals surface area contributed by atoms with Crippen LogP contribution in [0.2, 0.25) is 0 Å². The zero-order chi connectivity index (χ0) is 25.4. The van der Waals surface area contributed by atoms with Crippen molar-refractivity contribution in [2.75, 3.05) is 13.7 Å². The lowest BCUT2D eigenvalue weighted by Crippen LogP contribution is -2.40. The van der Waals surface area contributed by atoms with Gasteiger partial charge >= 0.3 is 5.97 Å². The summed E-state index contributed by atoms with van der Waals surface area (Å²) in [4.78, 5) is 32.1. The standard InChI is InChI=1S/C28H23FN2O4S/c1-4-35-27(33)23-16(2)30-28-31(26(32)22(36-28)15-17-9-12-19(29)13-10-17)25(23)24-20-8-6-5-7-18(20)11-14-21(24)34-3/h5-15,25H,4H2,1-3H3/t25-/m1/s1. The molecule has 2 heterocycles. The number of halogens is 1. The van der Waals surface area contributed by atoms with Crippen LogP contribution in [0.3, 0.4) is 0 Å². The molecule has 3 aromatic carbocycles. The monoisotopic (exact) mass is 502 g/mol. The maximum absolute atomic E-state index is 13.8. The van der Waals surface area contributed by atoms with Crippen molar-refractivity contribution in [3.63, 3.8) is 0 Å². The molecule has 1 aromatic heterocycles. The third kappa shape index (κ3) is 4.03. The number of hydrogen-bond acceptors (Lipinski definition) is 6. The van der Waals surface area contributed by atoms with E-state index >= 15 is 0 Å². The molecule has 5 rings (SSSR count). The number of carbonyl (C=O) groups excluding carboxylic acids is 1. The minimum Gasteiger partial charge on any atom is -0.496 e. The fourth-order valence-corrected chi connectivity index (χ4v) is 5.56. The number of methoxy groups -OCH3 is 1. The molecule has 1 aliphatic rings. The minimum absolute atomic E-state index is 0.185. The van der Waals surface area contributed by atoms with Crippen molar-refractivity contribution in [1.82, 2.24) is 4.57 Å². The SMILES string of the molecule is CCOC(=O)C1=C(C)N=c2sc(=Cc3ccc(F)cc3)c(=O)n2[C@H]1c1c(OC)ccc2ccccc12. The first-order valence-electron chi connectivity index (χ1n) is 11.4. The number of ether oxygens (including phenoxy) is 2. The van der Waals surface area contributed by atoms with E-state index in [2.05, 4.69) is 4.99 Å². The molecule has 8 heteroatoms. The number of esters is 1. The summed E-state index contributed by atoms with van der Waals surface area (Å²) in [6.07, 6.45) is 1.70. The van der Waals surface area contributed by atoms with Crippen LogP contribution in [0.5, 0.6) is 5.75 Å². The molecule has 0 aliphatic carbocycles. The lowest BCUT2D eigenvalue weighted by Gasteiger charge is -2.27. The lowest BCUT2D eigenvalue weighted by atomic mass is 9.90. The van der Waals surface area contributed by atoms with Crippen molar-refractivity contribution in [3.8, 4) is 5.75 Å². The smallest absolute Gasteiger partial charge is 0.338 e. The van der Waals surface area contributed by atoms with Gasteiger partial charge in [-0.2, -0.15) is 0 Å². The van der Waals surface area contributed by atoms with Gasteiger partial charge in [0.25, 0.3) is 5.56 Å². The second kappa shape index (κ2) is 9.54. The Bertz CT molecular complexity index is 1700. The number of aromatic nitrogens is 1. The van der Waals surface area contributed by atoms with E-state index in [0.29, 0.717) is 31.9 Å². The van der Waals surface area contributed by atoms with Gasteiger partial charge in [-0.25, -0.2) is 14.2 Å². The zero-order valence-corrected chi connectivity index (χ0v) is 20.8. The number of nitrogens with zero attached hydrogens (tertiary/aromatic N) is 2. The van der Waals surface area contributed by atoms with Gasteiger partial charge in [0.2, 0.25) is 0 Å². The van der Waals surface area contributed by atoms with Gasteiger partial charge in [0.05, 0.1) is 29.5 Å². The fourth-order valence-electron chi connectivity index (χ4n) is 4.51. The van der Waals surface area contributed by atoms with Crippen molar-refractivity contribution in [2.24, 2.45) is 4.99 Å². The molecule has 0 unspecified atom stereocenters. The predicted molar refractivity (Wildman–Crippen MR) is 137 cm³/mol. The lowest BCUT2D eigenvalue weighted by molar-refractivity contribution is -0.139. The maximum atomic E-state index is 13.8. The van der Waals surface area contributed by atoms with E-state index in [1.807, 2.05) is 36.4 Å². The van der Waals surface area contributed by atoms with Gasteiger partial charge in [-0.05, 0) is 54.5 Å². The molecule has 0 fully saturated rings. The molecule has 0 saturated carbocycles. The number of fused-ring (bicyclic) bond motifs is 2. The van der Waals surface area contributed by atoms with Crippen molar-refractivity contribution < 1.29 is 18.7 Å². The molecule has 6 nitrogen and oxygen atoms in total. The van der Waals surface area contributed by atoms with Gasteiger partial charge in [-0.3, -0.25) is 9.36 Å². The first-order chi connectivity index (χ1) is 17.4. The Morgan fingerprint density at radius 1 is 1.14 bits per heavy atom. The highest BCUT2D eigenvalue weighted by Gasteiger charge is 2.36. The quantitative estimate of drug-likeness (QED) is 0.386. The number of benzene rings is 3. The minimum atomic E-state index is -0.809. The van der Waals surface area contributed by atoms with Crippen LogP contribution in [-0.4, -0.2) is 24.3 Å². The molecule has 0 radical (unpaired) electrons. The maximum Gasteiger partial charge on any atom is 0.338 e. The molecule has 0 N–H and O–H groups in total. The highest BCUT2D eigenvalue weighted by atomic mass is 32.1. The van der Waals surface area contributed by atoms with Crippen LogP contribution in [0.25, 0.3) is 16.8 Å². The number of allylic oxidation sites excluding steroid dienone is 1. The Labute approximate surface area is 210 Å². The molecule has 1 aliphatic heterocycles. The molecular weight excluding hydrogens is 479 g/mol. The Balaban J connectivity index is 1.84. The van der Waals surface area contributed by atoms with Crippen molar-refractivity contribution >= 4 is 34.2 Å². The first kappa shape index (κ1) is 23.7. The Morgan fingerprint density at radius 3 is 2.61 bits per heavy atom. The second-order valence-electron chi connectivity index (χ2n) is 8.26. The van der Waals surface area contributed by atoms with Crippen LogP contribution in [-0.2, 0) is 9.53 Å². The first-order valence-corrected chi connectivity index (χ1v) is 12.3. The molecule has 36 heavy (non-hydrogen) atoms. The summed E-state index contributed by atoms with van der Waals surface area (Å²) in [5.41, 5.74) is 1.82. The van der Waals surface area contributed by atoms with E-state index in [-0.39, 0.29) is 23.6 Å². The number of thiazole rings is 1. The van der Waals surface area contributed by atoms with Gasteiger partial charge in [-0.1, -0.05) is 53.8 Å². The summed E-state index contributed by atoms with van der Waals surface area (Å²) in [6, 6.07) is 16.6. The molecule has 0 amide bonds. The number of rotatable bonds is 5. The van der Waals surface area contributed by atoms with Crippen LogP contribution in [0.1, 0.15) is 31.0 Å². The Morgan fingerprint density at radius 2 is 1.89 bits per heavy atom. The topological polar surface area (TPSA) is 69.9 Å². The third-order valence-electron chi connectivity index (χ3n) is 6.11. The number of hydrogen-bond donors (Lipinski definition) is 0. The van der Waals surface area contributed by atoms with Gasteiger partial charge in [0, 0.05) is 5.56 Å². The summed E-state index contributed by atoms with van der Waals surface area (Å²) in [5.74, 6) is -0.346. The van der Waals surface area contributed by atoms with E-state index in [9.17, 15) is 14.0 Å². The van der Waals surface area contributed by atoms with Crippen LogP contribution >= 0.6 is 11.3 Å². The second-order valence-corrected chi connectivity index (χ2v) is 9.27. The van der Waals surface area contributed by atoms with Crippen LogP contribution in [0, 0.1) is 5.82 Å². The van der Waals surface area contributed by atoms with Gasteiger partial charge in [-0.15, -0.1) is 0 Å². The Kier molecular flexibility index (Phi) is 6.28. The summed E-state index contributed by atoms with van der Waals surface area (Å²) >= 11 is 1.22. The third-order valence-corrected chi connectivity index (χ3v) is 7.09. The van der Waals surface area contributed by atoms with E-state index < -0.39 is 12.0 Å². The summed E-state index contributed by atoms with van der Waals surface area (Å²) in [7, 11) is 1.56. The average molecular weight is 503 g/mol. The molecule has 0 bridgehead atoms. The van der Waals surface area contributed by atoms with Gasteiger partial charge < -0.3 is 9.47 Å². The van der Waals surface area contributed by atoms with Gasteiger partial charge in [0.1, 0.15) is 17.6 Å². The zero-order valence-electron chi connectivity index (χ0n) is 19.9. The molecular formula is C28H23FN2O4S. The molecule has 4 aromatic rings. The van der Waals surface area contributed by atoms with E-state index in [1.54, 1.807) is 39.2 Å². The van der Waals surface area contributed by atoms with Crippen molar-refractivity contribution in [2.45, 2.75) is 19.9 Å². The summed E-state index contributed by atoms with van der Waals surface area (Å²) < 4.78 is 26.5. The average Bonchev–Trinajstić information content (AvgIpc) is 3.18. The molecule has 182 valence electrons. The van der Waals surface area contributed by atoms with Gasteiger partial charge in [0.15, 0.2) is 4.80 Å². The largest absolute Gasteiger partial charge is 0.496 e. The van der Waals surface area contributed by atoms with Crippen LogP contribution in [0.15, 0.2) is 81.7 Å². The predicted octanol–water partition coefficient (Wildman–Crippen LogP) is 4.10. The van der Waals surface area contributed by atoms with Crippen molar-refractivity contribution in [1.29, 1.82) is 0 Å². The van der Waals surface area contributed by atoms with E-state index in [0.717, 1.165) is 10.8 Å². The normalized spacial score (nSPS) is 15.6. The van der Waals surface area contributed by atoms with E-state index in [4.69, 9.17) is 9.47 Å². The summed E-state index contributed by atoms with van der Waals surface area (Å²) in [5, 5.41) is 1.80. The Hall–Kier alpha value is -4.04. The number of carbonyl (C=O) groups is 1. The fraction of sp³-hybridized carbons (Fsp3) is 0.179. The highest BCUT2D eigenvalue weighted by Crippen LogP contribution is 2.40. The molecule has 1 atom stereocenters. The van der Waals surface area contributed by atoms with Crippen LogP contribution < -0.4 is 19.6 Å². The van der Waals surface area contributed by atoms with Crippen molar-refractivity contribution in [3.05, 3.63) is 109 Å². The van der Waals surface area contributed by atoms with E-state index in [1.165, 1.54) is 28.0 Å². The molecule has 0 spiro atoms.